The maximum absolute atomic E-state index is 11.7. The Bertz CT molecular complexity index is 1480. The van der Waals surface area contributed by atoms with Crippen molar-refractivity contribution in [3.05, 3.63) is 106 Å². The molecule has 230 valence electrons. The maximum Gasteiger partial charge on any atom is 0.338 e. The molecule has 0 bridgehead atoms. The molecule has 0 unspecified atom stereocenters. The number of benzene rings is 3. The Morgan fingerprint density at radius 2 is 1.75 bits per heavy atom. The molecule has 1 saturated heterocycles. The number of urea groups is 1. The summed E-state index contributed by atoms with van der Waals surface area (Å²) >= 11 is 6.18. The lowest BCUT2D eigenvalue weighted by Crippen LogP contribution is -2.48. The summed E-state index contributed by atoms with van der Waals surface area (Å²) in [6.07, 6.45) is 3.21. The number of hydroxylamine groups is 2. The van der Waals surface area contributed by atoms with Gasteiger partial charge in [-0.3, -0.25) is 15.0 Å². The number of methoxy groups -OCH3 is 1. The van der Waals surface area contributed by atoms with Crippen LogP contribution in [-0.2, 0) is 9.53 Å². The topological polar surface area (TPSA) is 109 Å². The number of amides is 2. The van der Waals surface area contributed by atoms with E-state index in [1.165, 1.54) is 24.3 Å². The summed E-state index contributed by atoms with van der Waals surface area (Å²) in [5, 5.41) is 10.5. The van der Waals surface area contributed by atoms with Gasteiger partial charge in [0.1, 0.15) is 12.4 Å². The Morgan fingerprint density at radius 3 is 2.43 bits per heavy atom. The van der Waals surface area contributed by atoms with E-state index in [0.29, 0.717) is 28.5 Å². The molecule has 1 atom stereocenters. The zero-order chi connectivity index (χ0) is 31.3. The minimum Gasteiger partial charge on any atom is -0.492 e. The van der Waals surface area contributed by atoms with Crippen LogP contribution in [0.25, 0.3) is 6.08 Å². The summed E-state index contributed by atoms with van der Waals surface area (Å²) in [4.78, 5) is 27.6. The minimum atomic E-state index is -0.931. The molecular weight excluding hydrogens is 580 g/mol. The average Bonchev–Trinajstić information content (AvgIpc) is 3.04. The minimum absolute atomic E-state index is 0.000920. The van der Waals surface area contributed by atoms with E-state index in [1.54, 1.807) is 6.08 Å². The molecule has 0 aromatic heterocycles. The van der Waals surface area contributed by atoms with Crippen molar-refractivity contribution in [2.24, 2.45) is 5.73 Å². The van der Waals surface area contributed by atoms with E-state index in [0.717, 1.165) is 37.7 Å². The maximum atomic E-state index is 11.7. The van der Waals surface area contributed by atoms with Gasteiger partial charge in [0.2, 0.25) is 0 Å². The van der Waals surface area contributed by atoms with Gasteiger partial charge in [0, 0.05) is 61.4 Å². The quantitative estimate of drug-likeness (QED) is 0.105. The second-order valence-electron chi connectivity index (χ2n) is 10.2. The fourth-order valence-corrected chi connectivity index (χ4v) is 5.10. The number of carbonyl (C=O) groups excluding carboxylic acids is 2. The first-order valence-corrected chi connectivity index (χ1v) is 14.8. The van der Waals surface area contributed by atoms with Crippen molar-refractivity contribution in [2.45, 2.75) is 12.5 Å². The second-order valence-corrected chi connectivity index (χ2v) is 10.6. The number of esters is 1. The van der Waals surface area contributed by atoms with E-state index < -0.39 is 12.0 Å². The van der Waals surface area contributed by atoms with Gasteiger partial charge in [-0.2, -0.15) is 0 Å². The van der Waals surface area contributed by atoms with Gasteiger partial charge >= 0.3 is 12.0 Å². The number of piperazine rings is 1. The highest BCUT2D eigenvalue weighted by molar-refractivity contribution is 6.30. The third kappa shape index (κ3) is 9.59. The van der Waals surface area contributed by atoms with E-state index in [2.05, 4.69) is 58.0 Å². The fraction of sp³-hybridized carbons (Fsp3) is 0.294. The molecule has 2 amide bonds. The van der Waals surface area contributed by atoms with Gasteiger partial charge in [0.15, 0.2) is 0 Å². The van der Waals surface area contributed by atoms with Gasteiger partial charge in [-0.05, 0) is 47.5 Å². The van der Waals surface area contributed by atoms with Crippen molar-refractivity contribution in [3.8, 4) is 17.6 Å². The standard InChI is InChI=1S/C34H37ClN4O5/c1-43-32(40)17-13-29-25-26(7-5-6-18-39(42)34(36)41)10-16-31(29)44-24-23-37-19-21-38(22-20-37)33(27-8-3-2-4-9-27)28-11-14-30(35)15-12-28/h2-4,8-17,25,33,42H,6,18-24H2,1H3,(H2,36,41)/b17-13+/t33-/m1/s1. The lowest BCUT2D eigenvalue weighted by molar-refractivity contribution is -0.134. The first-order chi connectivity index (χ1) is 21.3. The number of nitrogens with two attached hydrogens (primary N) is 1. The molecule has 0 aliphatic carbocycles. The summed E-state index contributed by atoms with van der Waals surface area (Å²) in [6.45, 7) is 4.87. The monoisotopic (exact) mass is 616 g/mol. The predicted molar refractivity (Wildman–Crippen MR) is 170 cm³/mol. The van der Waals surface area contributed by atoms with Crippen LogP contribution in [-0.4, -0.2) is 85.1 Å². The van der Waals surface area contributed by atoms with E-state index in [1.807, 2.05) is 36.4 Å². The predicted octanol–water partition coefficient (Wildman–Crippen LogP) is 4.82. The average molecular weight is 617 g/mol. The zero-order valence-corrected chi connectivity index (χ0v) is 25.5. The first kappa shape index (κ1) is 32.6. The van der Waals surface area contributed by atoms with E-state index in [4.69, 9.17) is 26.8 Å². The summed E-state index contributed by atoms with van der Waals surface area (Å²) < 4.78 is 10.9. The van der Waals surface area contributed by atoms with E-state index in [9.17, 15) is 14.8 Å². The van der Waals surface area contributed by atoms with Gasteiger partial charge < -0.3 is 15.2 Å². The van der Waals surface area contributed by atoms with Crippen molar-refractivity contribution in [3.63, 3.8) is 0 Å². The summed E-state index contributed by atoms with van der Waals surface area (Å²) in [5.74, 6) is 6.03. The number of halogens is 1. The zero-order valence-electron chi connectivity index (χ0n) is 24.7. The van der Waals surface area contributed by atoms with Crippen molar-refractivity contribution in [2.75, 3.05) is 53.0 Å². The molecule has 0 radical (unpaired) electrons. The molecule has 1 heterocycles. The Kier molecular flexibility index (Phi) is 12.2. The number of primary amides is 1. The lowest BCUT2D eigenvalue weighted by atomic mass is 9.96. The van der Waals surface area contributed by atoms with Crippen LogP contribution in [0.4, 0.5) is 4.79 Å². The van der Waals surface area contributed by atoms with Crippen LogP contribution in [0.1, 0.15) is 34.7 Å². The van der Waals surface area contributed by atoms with Crippen molar-refractivity contribution in [1.82, 2.24) is 14.9 Å². The largest absolute Gasteiger partial charge is 0.492 e. The van der Waals surface area contributed by atoms with Crippen molar-refractivity contribution in [1.29, 1.82) is 0 Å². The summed E-state index contributed by atoms with van der Waals surface area (Å²) in [7, 11) is 1.32. The Morgan fingerprint density at radius 1 is 1.05 bits per heavy atom. The molecule has 1 aliphatic heterocycles. The van der Waals surface area contributed by atoms with Gasteiger partial charge in [-0.15, -0.1) is 0 Å². The van der Waals surface area contributed by atoms with E-state index >= 15 is 0 Å². The molecule has 3 aromatic carbocycles. The number of hydrogen-bond donors (Lipinski definition) is 2. The van der Waals surface area contributed by atoms with Crippen LogP contribution in [0, 0.1) is 11.8 Å². The molecular formula is C34H37ClN4O5. The second kappa shape index (κ2) is 16.5. The van der Waals surface area contributed by atoms with Crippen LogP contribution >= 0.6 is 11.6 Å². The third-order valence-electron chi connectivity index (χ3n) is 7.28. The van der Waals surface area contributed by atoms with Crippen LogP contribution < -0.4 is 10.5 Å². The van der Waals surface area contributed by atoms with Gasteiger partial charge in [0.25, 0.3) is 0 Å². The highest BCUT2D eigenvalue weighted by Gasteiger charge is 2.26. The van der Waals surface area contributed by atoms with Crippen molar-refractivity contribution >= 4 is 29.7 Å². The molecule has 1 fully saturated rings. The van der Waals surface area contributed by atoms with Gasteiger partial charge in [-0.25, -0.2) is 14.7 Å². The molecule has 0 spiro atoms. The molecule has 9 nitrogen and oxygen atoms in total. The highest BCUT2D eigenvalue weighted by Crippen LogP contribution is 2.30. The number of carbonyl (C=O) groups is 2. The number of ether oxygens (including phenoxy) is 2. The van der Waals surface area contributed by atoms with Crippen molar-refractivity contribution < 1.29 is 24.3 Å². The van der Waals surface area contributed by atoms with Crippen LogP contribution in [0.2, 0.25) is 5.02 Å². The van der Waals surface area contributed by atoms with Crippen LogP contribution in [0.3, 0.4) is 0 Å². The SMILES string of the molecule is COC(=O)/C=C/c1cc(C#CCCN(O)C(N)=O)ccc1OCCN1CCN([C@H](c2ccccc2)c2ccc(Cl)cc2)CC1. The Balaban J connectivity index is 1.35. The smallest absolute Gasteiger partial charge is 0.338 e. The molecule has 4 rings (SSSR count). The molecule has 0 saturated carbocycles. The number of hydrogen-bond acceptors (Lipinski definition) is 7. The molecule has 1 aliphatic rings. The highest BCUT2D eigenvalue weighted by atomic mass is 35.5. The third-order valence-corrected chi connectivity index (χ3v) is 7.54. The molecule has 44 heavy (non-hydrogen) atoms. The van der Waals surface area contributed by atoms with Crippen LogP contribution in [0.15, 0.2) is 78.9 Å². The lowest BCUT2D eigenvalue weighted by Gasteiger charge is -2.39. The molecule has 10 heteroatoms. The first-order valence-electron chi connectivity index (χ1n) is 14.4. The normalized spacial score (nSPS) is 14.4. The van der Waals surface area contributed by atoms with Gasteiger partial charge in [0.05, 0.1) is 19.7 Å². The van der Waals surface area contributed by atoms with Gasteiger partial charge in [-0.1, -0.05) is 65.9 Å². The number of nitrogens with zero attached hydrogens (tertiary/aromatic N) is 3. The molecule has 3 N–H and O–H groups in total. The number of rotatable bonds is 11. The molecule has 3 aromatic rings. The van der Waals surface area contributed by atoms with E-state index in [-0.39, 0.29) is 19.0 Å². The summed E-state index contributed by atoms with van der Waals surface area (Å²) in [5.41, 5.74) is 8.86. The Hall–Kier alpha value is -4.33. The summed E-state index contributed by atoms with van der Waals surface area (Å²) in [6, 6.07) is 23.3. The van der Waals surface area contributed by atoms with Crippen LogP contribution in [0.5, 0.6) is 5.75 Å². The Labute approximate surface area is 263 Å². The fourth-order valence-electron chi connectivity index (χ4n) is 4.97.